The molecule has 0 atom stereocenters. The van der Waals surface area contributed by atoms with E-state index in [0.717, 1.165) is 6.08 Å². The average molecular weight is 188 g/mol. The zero-order valence-electron chi connectivity index (χ0n) is 7.89. The Bertz CT molecular complexity index is 217. The second kappa shape index (κ2) is 4.90. The van der Waals surface area contributed by atoms with E-state index in [-0.39, 0.29) is 0 Å². The van der Waals surface area contributed by atoms with Gasteiger partial charge in [0.1, 0.15) is 0 Å². The fourth-order valence-electron chi connectivity index (χ4n) is 0.659. The van der Waals surface area contributed by atoms with Crippen molar-refractivity contribution in [1.82, 2.24) is 0 Å². The number of hydrogen-bond acceptors (Lipinski definition) is 1. The summed E-state index contributed by atoms with van der Waals surface area (Å²) in [6.07, 6.45) is 3.36. The molecule has 13 heavy (non-hydrogen) atoms. The maximum atomic E-state index is 12.6. The maximum absolute atomic E-state index is 12.6. The standard InChI is InChI=1S/C10H14F2O/c1-4-10(11,12)9(13)7-5-6-8(2)3/h4-5,7-8H,1,6H2,2-3H3/b7-5+. The third-order valence-electron chi connectivity index (χ3n) is 1.46. The number of carbonyl (C=O) groups is 1. The van der Waals surface area contributed by atoms with Crippen molar-refractivity contribution in [2.75, 3.05) is 0 Å². The van der Waals surface area contributed by atoms with Gasteiger partial charge in [-0.25, -0.2) is 0 Å². The predicted octanol–water partition coefficient (Wildman–Crippen LogP) is 2.98. The molecule has 74 valence electrons. The minimum absolute atomic E-state index is 0.356. The Morgan fingerprint density at radius 1 is 1.54 bits per heavy atom. The normalized spacial score (nSPS) is 12.4. The number of alkyl halides is 2. The van der Waals surface area contributed by atoms with E-state index >= 15 is 0 Å². The summed E-state index contributed by atoms with van der Waals surface area (Å²) in [4.78, 5) is 10.8. The lowest BCUT2D eigenvalue weighted by Crippen LogP contribution is -2.23. The lowest BCUT2D eigenvalue weighted by atomic mass is 10.1. The van der Waals surface area contributed by atoms with Gasteiger partial charge in [0.25, 0.3) is 0 Å². The third kappa shape index (κ3) is 4.55. The van der Waals surface area contributed by atoms with Crippen molar-refractivity contribution in [3.8, 4) is 0 Å². The minimum atomic E-state index is -3.42. The molecule has 0 N–H and O–H groups in total. The van der Waals surface area contributed by atoms with Gasteiger partial charge in [-0.05, 0) is 24.5 Å². The maximum Gasteiger partial charge on any atom is 0.327 e. The van der Waals surface area contributed by atoms with E-state index < -0.39 is 11.7 Å². The second-order valence-corrected chi connectivity index (χ2v) is 3.22. The van der Waals surface area contributed by atoms with Gasteiger partial charge in [-0.2, -0.15) is 8.78 Å². The Balaban J connectivity index is 4.15. The Morgan fingerprint density at radius 3 is 2.46 bits per heavy atom. The zero-order chi connectivity index (χ0) is 10.5. The number of allylic oxidation sites excluding steroid dienone is 3. The van der Waals surface area contributed by atoms with Crippen molar-refractivity contribution in [2.24, 2.45) is 5.92 Å². The topological polar surface area (TPSA) is 17.1 Å². The highest BCUT2D eigenvalue weighted by Crippen LogP contribution is 2.16. The van der Waals surface area contributed by atoms with Gasteiger partial charge in [-0.15, -0.1) is 0 Å². The number of ketones is 1. The van der Waals surface area contributed by atoms with E-state index in [2.05, 4.69) is 6.58 Å². The monoisotopic (exact) mass is 188 g/mol. The Hall–Kier alpha value is -0.990. The molecular formula is C10H14F2O. The van der Waals surface area contributed by atoms with E-state index in [9.17, 15) is 13.6 Å². The molecule has 0 aromatic rings. The van der Waals surface area contributed by atoms with E-state index in [1.54, 1.807) is 0 Å². The van der Waals surface area contributed by atoms with Crippen molar-refractivity contribution in [3.05, 3.63) is 24.8 Å². The summed E-state index contributed by atoms with van der Waals surface area (Å²) in [5.41, 5.74) is 0. The van der Waals surface area contributed by atoms with E-state index in [1.807, 2.05) is 13.8 Å². The summed E-state index contributed by atoms with van der Waals surface area (Å²) in [7, 11) is 0. The van der Waals surface area contributed by atoms with Gasteiger partial charge in [-0.3, -0.25) is 4.79 Å². The van der Waals surface area contributed by atoms with Crippen LogP contribution in [0.2, 0.25) is 0 Å². The van der Waals surface area contributed by atoms with Crippen LogP contribution in [0.15, 0.2) is 24.8 Å². The molecule has 0 saturated heterocycles. The van der Waals surface area contributed by atoms with Crippen molar-refractivity contribution in [2.45, 2.75) is 26.2 Å². The summed E-state index contributed by atoms with van der Waals surface area (Å²) in [5, 5.41) is 0. The number of hydrogen-bond donors (Lipinski definition) is 0. The largest absolute Gasteiger partial charge is 0.327 e. The molecule has 0 unspecified atom stereocenters. The van der Waals surface area contributed by atoms with Crippen LogP contribution in [0.1, 0.15) is 20.3 Å². The van der Waals surface area contributed by atoms with Gasteiger partial charge in [0.15, 0.2) is 0 Å². The molecule has 0 aromatic carbocycles. The summed E-state index contributed by atoms with van der Waals surface area (Å²) in [6, 6.07) is 0. The van der Waals surface area contributed by atoms with E-state index in [1.165, 1.54) is 6.08 Å². The van der Waals surface area contributed by atoms with Crippen molar-refractivity contribution < 1.29 is 13.6 Å². The second-order valence-electron chi connectivity index (χ2n) is 3.22. The molecule has 0 spiro atoms. The first-order chi connectivity index (χ1) is 5.90. The van der Waals surface area contributed by atoms with Crippen LogP contribution in [-0.4, -0.2) is 11.7 Å². The predicted molar refractivity (Wildman–Crippen MR) is 48.7 cm³/mol. The fraction of sp³-hybridized carbons (Fsp3) is 0.500. The molecule has 0 aliphatic carbocycles. The number of halogens is 2. The molecule has 1 nitrogen and oxygen atoms in total. The molecule has 0 amide bonds. The van der Waals surface area contributed by atoms with Crippen LogP contribution in [0.3, 0.4) is 0 Å². The van der Waals surface area contributed by atoms with E-state index in [0.29, 0.717) is 18.4 Å². The zero-order valence-corrected chi connectivity index (χ0v) is 7.89. The summed E-state index contributed by atoms with van der Waals surface area (Å²) < 4.78 is 25.1. The Labute approximate surface area is 77.1 Å². The highest BCUT2D eigenvalue weighted by molar-refractivity contribution is 5.97. The third-order valence-corrected chi connectivity index (χ3v) is 1.46. The smallest absolute Gasteiger partial charge is 0.288 e. The molecule has 0 saturated carbocycles. The van der Waals surface area contributed by atoms with Crippen molar-refractivity contribution >= 4 is 5.78 Å². The molecule has 0 aliphatic rings. The fourth-order valence-corrected chi connectivity index (χ4v) is 0.659. The van der Waals surface area contributed by atoms with Gasteiger partial charge < -0.3 is 0 Å². The lowest BCUT2D eigenvalue weighted by Gasteiger charge is -2.05. The molecule has 0 aromatic heterocycles. The van der Waals surface area contributed by atoms with Crippen molar-refractivity contribution in [3.63, 3.8) is 0 Å². The number of rotatable bonds is 5. The van der Waals surface area contributed by atoms with E-state index in [4.69, 9.17) is 0 Å². The molecule has 3 heteroatoms. The highest BCUT2D eigenvalue weighted by atomic mass is 19.3. The summed E-state index contributed by atoms with van der Waals surface area (Å²) in [6.45, 7) is 6.78. The number of carbonyl (C=O) groups excluding carboxylic acids is 1. The molecule has 0 bridgehead atoms. The van der Waals surface area contributed by atoms with Crippen LogP contribution in [0.5, 0.6) is 0 Å². The van der Waals surface area contributed by atoms with Crippen LogP contribution in [-0.2, 0) is 4.79 Å². The minimum Gasteiger partial charge on any atom is -0.288 e. The van der Waals surface area contributed by atoms with Gasteiger partial charge in [-0.1, -0.05) is 26.5 Å². The first kappa shape index (κ1) is 12.0. The van der Waals surface area contributed by atoms with Gasteiger partial charge >= 0.3 is 5.92 Å². The summed E-state index contributed by atoms with van der Waals surface area (Å²) >= 11 is 0. The SMILES string of the molecule is C=CC(F)(F)C(=O)/C=C/CC(C)C. The Kier molecular flexibility index (Phi) is 4.52. The van der Waals surface area contributed by atoms with Gasteiger partial charge in [0.2, 0.25) is 5.78 Å². The van der Waals surface area contributed by atoms with Gasteiger partial charge in [0.05, 0.1) is 0 Å². The summed E-state index contributed by atoms with van der Waals surface area (Å²) in [5.74, 6) is -4.27. The van der Waals surface area contributed by atoms with Gasteiger partial charge in [0, 0.05) is 0 Å². The first-order valence-electron chi connectivity index (χ1n) is 4.12. The highest BCUT2D eigenvalue weighted by Gasteiger charge is 2.31. The van der Waals surface area contributed by atoms with Crippen LogP contribution in [0, 0.1) is 5.92 Å². The molecule has 0 radical (unpaired) electrons. The quantitative estimate of drug-likeness (QED) is 0.479. The molecule has 0 heterocycles. The van der Waals surface area contributed by atoms with Crippen molar-refractivity contribution in [1.29, 1.82) is 0 Å². The first-order valence-corrected chi connectivity index (χ1v) is 4.12. The lowest BCUT2D eigenvalue weighted by molar-refractivity contribution is -0.131. The Morgan fingerprint density at radius 2 is 2.08 bits per heavy atom. The average Bonchev–Trinajstić information content (AvgIpc) is 2.03. The molecular weight excluding hydrogens is 174 g/mol. The van der Waals surface area contributed by atoms with Crippen LogP contribution >= 0.6 is 0 Å². The van der Waals surface area contributed by atoms with Crippen LogP contribution < -0.4 is 0 Å². The van der Waals surface area contributed by atoms with Crippen LogP contribution in [0.4, 0.5) is 8.78 Å². The molecule has 0 fully saturated rings. The molecule has 0 rings (SSSR count). The molecule has 0 aliphatic heterocycles. The van der Waals surface area contributed by atoms with Crippen LogP contribution in [0.25, 0.3) is 0 Å².